The number of nitrogens with one attached hydrogen (secondary N) is 1. The summed E-state index contributed by atoms with van der Waals surface area (Å²) in [6.07, 6.45) is 5.59. The van der Waals surface area contributed by atoms with Crippen LogP contribution >= 0.6 is 15.9 Å². The van der Waals surface area contributed by atoms with Crippen LogP contribution in [-0.4, -0.2) is 24.5 Å². The van der Waals surface area contributed by atoms with E-state index in [1.807, 2.05) is 6.07 Å². The molecule has 1 saturated carbocycles. The van der Waals surface area contributed by atoms with Gasteiger partial charge >= 0.3 is 5.97 Å². The van der Waals surface area contributed by atoms with Crippen molar-refractivity contribution in [1.82, 2.24) is 5.32 Å². The highest BCUT2D eigenvalue weighted by Crippen LogP contribution is 2.17. The fraction of sp³-hybridized carbons (Fsp3) is 0.467. The Morgan fingerprint density at radius 1 is 1.25 bits per heavy atom. The van der Waals surface area contributed by atoms with Crippen LogP contribution in [0.15, 0.2) is 28.7 Å². The molecule has 1 fully saturated rings. The third-order valence-electron chi connectivity index (χ3n) is 3.36. The van der Waals surface area contributed by atoms with Crippen LogP contribution in [0.4, 0.5) is 0 Å². The van der Waals surface area contributed by atoms with E-state index in [1.54, 1.807) is 18.2 Å². The summed E-state index contributed by atoms with van der Waals surface area (Å²) in [6.45, 7) is -0.220. The molecule has 0 radical (unpaired) electrons. The summed E-state index contributed by atoms with van der Waals surface area (Å²) in [5.74, 6) is -0.703. The zero-order valence-electron chi connectivity index (χ0n) is 11.2. The van der Waals surface area contributed by atoms with Crippen LogP contribution in [0.3, 0.4) is 0 Å². The van der Waals surface area contributed by atoms with E-state index in [1.165, 1.54) is 6.42 Å². The van der Waals surface area contributed by atoms with Crippen molar-refractivity contribution in [1.29, 1.82) is 0 Å². The molecule has 4 nitrogen and oxygen atoms in total. The minimum atomic E-state index is -0.481. The van der Waals surface area contributed by atoms with E-state index >= 15 is 0 Å². The van der Waals surface area contributed by atoms with Gasteiger partial charge in [0.05, 0.1) is 5.56 Å². The standard InChI is InChI=1S/C15H18BrNO3/c16-12-6-4-5-11(9-12)15(19)20-10-14(18)17-13-7-2-1-3-8-13/h4-6,9,13H,1-3,7-8,10H2,(H,17,18). The van der Waals surface area contributed by atoms with Gasteiger partial charge in [-0.25, -0.2) is 4.79 Å². The first-order valence-electron chi connectivity index (χ1n) is 6.87. The topological polar surface area (TPSA) is 55.4 Å². The molecule has 1 amide bonds. The van der Waals surface area contributed by atoms with Gasteiger partial charge < -0.3 is 10.1 Å². The van der Waals surface area contributed by atoms with Gasteiger partial charge in [0.2, 0.25) is 0 Å². The molecule has 5 heteroatoms. The number of amides is 1. The van der Waals surface area contributed by atoms with Crippen molar-refractivity contribution < 1.29 is 14.3 Å². The van der Waals surface area contributed by atoms with E-state index in [2.05, 4.69) is 21.2 Å². The van der Waals surface area contributed by atoms with Crippen LogP contribution in [-0.2, 0) is 9.53 Å². The summed E-state index contributed by atoms with van der Waals surface area (Å²) in [5, 5.41) is 2.91. The Morgan fingerprint density at radius 2 is 2.00 bits per heavy atom. The van der Waals surface area contributed by atoms with Crippen LogP contribution in [0.25, 0.3) is 0 Å². The average molecular weight is 340 g/mol. The molecule has 1 aromatic rings. The van der Waals surface area contributed by atoms with Crippen LogP contribution in [0.5, 0.6) is 0 Å². The monoisotopic (exact) mass is 339 g/mol. The summed E-state index contributed by atoms with van der Waals surface area (Å²) < 4.78 is 5.82. The minimum absolute atomic E-state index is 0.220. The summed E-state index contributed by atoms with van der Waals surface area (Å²) in [6, 6.07) is 7.14. The number of benzene rings is 1. The van der Waals surface area contributed by atoms with E-state index < -0.39 is 5.97 Å². The van der Waals surface area contributed by atoms with Gasteiger partial charge in [-0.15, -0.1) is 0 Å². The minimum Gasteiger partial charge on any atom is -0.452 e. The predicted molar refractivity (Wildman–Crippen MR) is 79.4 cm³/mol. The first-order chi connectivity index (χ1) is 9.65. The Bertz CT molecular complexity index is 484. The first-order valence-corrected chi connectivity index (χ1v) is 7.66. The fourth-order valence-electron chi connectivity index (χ4n) is 2.35. The van der Waals surface area contributed by atoms with Gasteiger partial charge in [-0.2, -0.15) is 0 Å². The largest absolute Gasteiger partial charge is 0.452 e. The molecule has 1 aliphatic rings. The van der Waals surface area contributed by atoms with Crippen LogP contribution in [0, 0.1) is 0 Å². The van der Waals surface area contributed by atoms with Gasteiger partial charge in [0.15, 0.2) is 6.61 Å². The number of halogens is 1. The second-order valence-corrected chi connectivity index (χ2v) is 5.90. The van der Waals surface area contributed by atoms with Gasteiger partial charge in [-0.05, 0) is 31.0 Å². The van der Waals surface area contributed by atoms with E-state index in [0.29, 0.717) is 5.56 Å². The second-order valence-electron chi connectivity index (χ2n) is 4.99. The average Bonchev–Trinajstić information content (AvgIpc) is 2.46. The Morgan fingerprint density at radius 3 is 2.70 bits per heavy atom. The molecule has 0 saturated heterocycles. The number of hydrogen-bond donors (Lipinski definition) is 1. The lowest BCUT2D eigenvalue weighted by Gasteiger charge is -2.22. The molecule has 2 rings (SSSR count). The van der Waals surface area contributed by atoms with E-state index in [4.69, 9.17) is 4.74 Å². The maximum absolute atomic E-state index is 11.8. The Labute approximate surface area is 127 Å². The number of hydrogen-bond acceptors (Lipinski definition) is 3. The Balaban J connectivity index is 1.76. The number of esters is 1. The van der Waals surface area contributed by atoms with Crippen molar-refractivity contribution >= 4 is 27.8 Å². The molecule has 0 atom stereocenters. The Kier molecular flexibility index (Phi) is 5.59. The lowest BCUT2D eigenvalue weighted by molar-refractivity contribution is -0.125. The summed E-state index contributed by atoms with van der Waals surface area (Å²) >= 11 is 3.29. The molecule has 1 aromatic carbocycles. The second kappa shape index (κ2) is 7.43. The van der Waals surface area contributed by atoms with Gasteiger partial charge in [0.1, 0.15) is 0 Å². The number of carbonyl (C=O) groups is 2. The highest BCUT2D eigenvalue weighted by Gasteiger charge is 2.17. The van der Waals surface area contributed by atoms with Crippen molar-refractivity contribution in [2.45, 2.75) is 38.1 Å². The van der Waals surface area contributed by atoms with E-state index in [9.17, 15) is 9.59 Å². The summed E-state index contributed by atoms with van der Waals surface area (Å²) in [7, 11) is 0. The number of carbonyl (C=O) groups excluding carboxylic acids is 2. The molecular weight excluding hydrogens is 322 g/mol. The predicted octanol–water partition coefficient (Wildman–Crippen LogP) is 3.05. The lowest BCUT2D eigenvalue weighted by atomic mass is 9.95. The fourth-order valence-corrected chi connectivity index (χ4v) is 2.75. The molecule has 1 aliphatic carbocycles. The lowest BCUT2D eigenvalue weighted by Crippen LogP contribution is -2.38. The van der Waals surface area contributed by atoms with Crippen LogP contribution < -0.4 is 5.32 Å². The zero-order valence-corrected chi connectivity index (χ0v) is 12.8. The maximum Gasteiger partial charge on any atom is 0.338 e. The number of ether oxygens (including phenoxy) is 1. The van der Waals surface area contributed by atoms with E-state index in [0.717, 1.165) is 30.2 Å². The van der Waals surface area contributed by atoms with E-state index in [-0.39, 0.29) is 18.6 Å². The van der Waals surface area contributed by atoms with Crippen molar-refractivity contribution in [3.8, 4) is 0 Å². The van der Waals surface area contributed by atoms with Crippen molar-refractivity contribution in [2.24, 2.45) is 0 Å². The molecule has 0 spiro atoms. The molecule has 0 aliphatic heterocycles. The molecule has 108 valence electrons. The quantitative estimate of drug-likeness (QED) is 0.857. The normalized spacial score (nSPS) is 15.7. The third-order valence-corrected chi connectivity index (χ3v) is 3.86. The van der Waals surface area contributed by atoms with Crippen molar-refractivity contribution in [2.75, 3.05) is 6.61 Å². The molecule has 0 unspecified atom stereocenters. The smallest absolute Gasteiger partial charge is 0.338 e. The zero-order chi connectivity index (χ0) is 14.4. The highest BCUT2D eigenvalue weighted by atomic mass is 79.9. The maximum atomic E-state index is 11.8. The van der Waals surface area contributed by atoms with Crippen LogP contribution in [0.2, 0.25) is 0 Å². The van der Waals surface area contributed by atoms with Crippen LogP contribution in [0.1, 0.15) is 42.5 Å². The third kappa shape index (κ3) is 4.63. The van der Waals surface area contributed by atoms with Gasteiger partial charge in [0, 0.05) is 10.5 Å². The van der Waals surface area contributed by atoms with Crippen molar-refractivity contribution in [3.05, 3.63) is 34.3 Å². The molecule has 0 aromatic heterocycles. The highest BCUT2D eigenvalue weighted by molar-refractivity contribution is 9.10. The first kappa shape index (κ1) is 15.0. The summed E-state index contributed by atoms with van der Waals surface area (Å²) in [5.41, 5.74) is 0.435. The molecule has 20 heavy (non-hydrogen) atoms. The van der Waals surface area contributed by atoms with Gasteiger partial charge in [0.25, 0.3) is 5.91 Å². The van der Waals surface area contributed by atoms with Gasteiger partial charge in [-0.1, -0.05) is 41.3 Å². The molecule has 0 bridgehead atoms. The molecule has 0 heterocycles. The Hall–Kier alpha value is -1.36. The van der Waals surface area contributed by atoms with Gasteiger partial charge in [-0.3, -0.25) is 4.79 Å². The number of rotatable bonds is 4. The molecule has 1 N–H and O–H groups in total. The molecular formula is C15H18BrNO3. The SMILES string of the molecule is O=C(COC(=O)c1cccc(Br)c1)NC1CCCCC1. The van der Waals surface area contributed by atoms with Crippen molar-refractivity contribution in [3.63, 3.8) is 0 Å². The summed E-state index contributed by atoms with van der Waals surface area (Å²) in [4.78, 5) is 23.5.